The third kappa shape index (κ3) is 3.07. The largest absolute Gasteiger partial charge is 0.481 e. The first-order chi connectivity index (χ1) is 8.99. The van der Waals surface area contributed by atoms with Crippen LogP contribution >= 0.6 is 11.6 Å². The van der Waals surface area contributed by atoms with Crippen molar-refractivity contribution in [2.45, 2.75) is 19.8 Å². The van der Waals surface area contributed by atoms with Crippen molar-refractivity contribution in [1.82, 2.24) is 4.90 Å². The highest BCUT2D eigenvalue weighted by Crippen LogP contribution is 2.23. The van der Waals surface area contributed by atoms with Gasteiger partial charge in [-0.2, -0.15) is 0 Å². The number of aliphatic carboxylic acids is 1. The Hall–Kier alpha value is -1.55. The number of hydrogen-bond acceptors (Lipinski definition) is 2. The van der Waals surface area contributed by atoms with Gasteiger partial charge >= 0.3 is 5.97 Å². The molecule has 1 aliphatic heterocycles. The van der Waals surface area contributed by atoms with E-state index in [2.05, 4.69) is 0 Å². The number of piperidine rings is 1. The first-order valence-corrected chi connectivity index (χ1v) is 6.65. The number of rotatable bonds is 2. The molecule has 0 unspecified atom stereocenters. The Balaban J connectivity index is 2.07. The zero-order valence-electron chi connectivity index (χ0n) is 10.7. The van der Waals surface area contributed by atoms with Crippen LogP contribution in [0.4, 0.5) is 0 Å². The van der Waals surface area contributed by atoms with E-state index in [-0.39, 0.29) is 11.8 Å². The summed E-state index contributed by atoms with van der Waals surface area (Å²) in [5.41, 5.74) is 1.49. The van der Waals surface area contributed by atoms with E-state index in [0.29, 0.717) is 36.5 Å². The molecular weight excluding hydrogens is 266 g/mol. The molecule has 0 saturated carbocycles. The maximum absolute atomic E-state index is 12.3. The van der Waals surface area contributed by atoms with Crippen molar-refractivity contribution in [3.8, 4) is 0 Å². The van der Waals surface area contributed by atoms with Crippen LogP contribution in [0, 0.1) is 12.8 Å². The second-order valence-corrected chi connectivity index (χ2v) is 5.30. The molecule has 1 N–H and O–H groups in total. The van der Waals surface area contributed by atoms with E-state index in [1.165, 1.54) is 0 Å². The summed E-state index contributed by atoms with van der Waals surface area (Å²) >= 11 is 6.08. The lowest BCUT2D eigenvalue weighted by atomic mass is 9.96. The Morgan fingerprint density at radius 2 is 1.95 bits per heavy atom. The summed E-state index contributed by atoms with van der Waals surface area (Å²) in [5.74, 6) is -1.23. The van der Waals surface area contributed by atoms with Gasteiger partial charge in [0.2, 0.25) is 0 Å². The molecule has 1 heterocycles. The predicted molar refractivity (Wildman–Crippen MR) is 72.5 cm³/mol. The molecular formula is C14H16ClNO3. The minimum absolute atomic E-state index is 0.117. The molecule has 0 bridgehead atoms. The fourth-order valence-corrected chi connectivity index (χ4v) is 2.61. The van der Waals surface area contributed by atoms with Crippen LogP contribution in [0.1, 0.15) is 28.8 Å². The lowest BCUT2D eigenvalue weighted by molar-refractivity contribution is -0.143. The fraction of sp³-hybridized carbons (Fsp3) is 0.429. The number of carboxylic acid groups (broad SMARTS) is 1. The van der Waals surface area contributed by atoms with Gasteiger partial charge in [0.25, 0.3) is 5.91 Å². The van der Waals surface area contributed by atoms with Gasteiger partial charge < -0.3 is 10.0 Å². The van der Waals surface area contributed by atoms with Gasteiger partial charge in [0.1, 0.15) is 0 Å². The third-order valence-corrected chi connectivity index (χ3v) is 3.80. The van der Waals surface area contributed by atoms with Crippen LogP contribution < -0.4 is 0 Å². The monoisotopic (exact) mass is 281 g/mol. The Kier molecular flexibility index (Phi) is 4.10. The number of halogens is 1. The molecule has 1 aliphatic rings. The van der Waals surface area contributed by atoms with Gasteiger partial charge in [0, 0.05) is 13.1 Å². The minimum Gasteiger partial charge on any atom is -0.481 e. The highest BCUT2D eigenvalue weighted by Gasteiger charge is 2.28. The Morgan fingerprint density at radius 1 is 1.32 bits per heavy atom. The fourth-order valence-electron chi connectivity index (χ4n) is 2.29. The van der Waals surface area contributed by atoms with E-state index in [1.807, 2.05) is 13.0 Å². The molecule has 1 amide bonds. The zero-order valence-corrected chi connectivity index (χ0v) is 11.5. The maximum atomic E-state index is 12.3. The molecule has 0 aliphatic carbocycles. The number of nitrogens with zero attached hydrogens (tertiary/aromatic N) is 1. The third-order valence-electron chi connectivity index (χ3n) is 3.49. The molecule has 0 atom stereocenters. The molecule has 1 aromatic rings. The minimum atomic E-state index is -0.777. The quantitative estimate of drug-likeness (QED) is 0.906. The Labute approximate surface area is 117 Å². The van der Waals surface area contributed by atoms with E-state index in [0.717, 1.165) is 5.56 Å². The van der Waals surface area contributed by atoms with E-state index < -0.39 is 5.97 Å². The second kappa shape index (κ2) is 5.61. The molecule has 0 aromatic heterocycles. The summed E-state index contributed by atoms with van der Waals surface area (Å²) < 4.78 is 0. The van der Waals surface area contributed by atoms with Gasteiger partial charge in [-0.05, 0) is 37.5 Å². The lowest BCUT2D eigenvalue weighted by Crippen LogP contribution is -2.40. The van der Waals surface area contributed by atoms with Crippen molar-refractivity contribution in [2.75, 3.05) is 13.1 Å². The Morgan fingerprint density at radius 3 is 2.47 bits per heavy atom. The number of carboxylic acids is 1. The van der Waals surface area contributed by atoms with Crippen molar-refractivity contribution in [3.05, 3.63) is 34.3 Å². The van der Waals surface area contributed by atoms with E-state index >= 15 is 0 Å². The highest BCUT2D eigenvalue weighted by molar-refractivity contribution is 6.33. The van der Waals surface area contributed by atoms with Crippen molar-refractivity contribution >= 4 is 23.5 Å². The molecule has 102 valence electrons. The summed E-state index contributed by atoms with van der Waals surface area (Å²) in [4.78, 5) is 24.8. The summed E-state index contributed by atoms with van der Waals surface area (Å²) in [6.45, 7) is 2.86. The van der Waals surface area contributed by atoms with Gasteiger partial charge in [0.15, 0.2) is 0 Å². The van der Waals surface area contributed by atoms with Gasteiger partial charge in [-0.15, -0.1) is 0 Å². The maximum Gasteiger partial charge on any atom is 0.306 e. The number of carbonyl (C=O) groups excluding carboxylic acids is 1. The van der Waals surface area contributed by atoms with Crippen molar-refractivity contribution in [3.63, 3.8) is 0 Å². The summed E-state index contributed by atoms with van der Waals surface area (Å²) in [5, 5.41) is 9.38. The SMILES string of the molecule is Cc1ccc(C(=O)N2CCC(C(=O)O)CC2)c(Cl)c1. The van der Waals surface area contributed by atoms with Gasteiger partial charge in [-0.1, -0.05) is 17.7 Å². The summed E-state index contributed by atoms with van der Waals surface area (Å²) in [6.07, 6.45) is 1.01. The topological polar surface area (TPSA) is 57.6 Å². The summed E-state index contributed by atoms with van der Waals surface area (Å²) in [6, 6.07) is 5.34. The van der Waals surface area contributed by atoms with Crippen molar-refractivity contribution < 1.29 is 14.7 Å². The van der Waals surface area contributed by atoms with Crippen LogP contribution in [0.25, 0.3) is 0 Å². The first-order valence-electron chi connectivity index (χ1n) is 6.27. The lowest BCUT2D eigenvalue weighted by Gasteiger charge is -2.30. The van der Waals surface area contributed by atoms with Crippen LogP contribution in [-0.4, -0.2) is 35.0 Å². The molecule has 0 spiro atoms. The van der Waals surface area contributed by atoms with E-state index in [1.54, 1.807) is 17.0 Å². The smallest absolute Gasteiger partial charge is 0.306 e. The van der Waals surface area contributed by atoms with Crippen LogP contribution in [0.2, 0.25) is 5.02 Å². The molecule has 0 radical (unpaired) electrons. The van der Waals surface area contributed by atoms with Crippen LogP contribution in [0.5, 0.6) is 0 Å². The number of likely N-dealkylation sites (tertiary alicyclic amines) is 1. The van der Waals surface area contributed by atoms with Gasteiger partial charge in [0.05, 0.1) is 16.5 Å². The van der Waals surface area contributed by atoms with Crippen LogP contribution in [0.15, 0.2) is 18.2 Å². The number of carbonyl (C=O) groups is 2. The number of amides is 1. The second-order valence-electron chi connectivity index (χ2n) is 4.89. The molecule has 4 nitrogen and oxygen atoms in total. The molecule has 1 fully saturated rings. The number of benzene rings is 1. The average Bonchev–Trinajstić information content (AvgIpc) is 2.38. The normalized spacial score (nSPS) is 16.4. The zero-order chi connectivity index (χ0) is 14.0. The van der Waals surface area contributed by atoms with E-state index in [4.69, 9.17) is 16.7 Å². The van der Waals surface area contributed by atoms with E-state index in [9.17, 15) is 9.59 Å². The van der Waals surface area contributed by atoms with Gasteiger partial charge in [-0.3, -0.25) is 9.59 Å². The molecule has 2 rings (SSSR count). The molecule has 1 aromatic carbocycles. The molecule has 19 heavy (non-hydrogen) atoms. The highest BCUT2D eigenvalue weighted by atomic mass is 35.5. The van der Waals surface area contributed by atoms with Gasteiger partial charge in [-0.25, -0.2) is 0 Å². The Bertz CT molecular complexity index is 507. The number of aryl methyl sites for hydroxylation is 1. The molecule has 1 saturated heterocycles. The van der Waals surface area contributed by atoms with Crippen molar-refractivity contribution in [1.29, 1.82) is 0 Å². The van der Waals surface area contributed by atoms with Crippen molar-refractivity contribution in [2.24, 2.45) is 5.92 Å². The standard InChI is InChI=1S/C14H16ClNO3/c1-9-2-3-11(12(15)8-9)13(17)16-6-4-10(5-7-16)14(18)19/h2-3,8,10H,4-7H2,1H3,(H,18,19). The van der Waals surface area contributed by atoms with Crippen LogP contribution in [-0.2, 0) is 4.79 Å². The summed E-state index contributed by atoms with van der Waals surface area (Å²) in [7, 11) is 0. The average molecular weight is 282 g/mol. The first kappa shape index (κ1) is 13.9. The number of hydrogen-bond donors (Lipinski definition) is 1. The van der Waals surface area contributed by atoms with Crippen LogP contribution in [0.3, 0.4) is 0 Å². The molecule has 5 heteroatoms. The predicted octanol–water partition coefficient (Wildman–Crippen LogP) is 2.59.